The first-order valence-electron chi connectivity index (χ1n) is 10.9. The minimum Gasteiger partial charge on any atom is -0.340 e. The Kier molecular flexibility index (Phi) is 5.71. The van der Waals surface area contributed by atoms with Crippen LogP contribution in [0.1, 0.15) is 11.3 Å². The van der Waals surface area contributed by atoms with E-state index >= 15 is 0 Å². The molecule has 1 aliphatic heterocycles. The predicted octanol–water partition coefficient (Wildman–Crippen LogP) is 1.62. The lowest BCUT2D eigenvalue weighted by atomic mass is 9.94. The molecule has 5 rings (SSSR count). The van der Waals surface area contributed by atoms with Crippen molar-refractivity contribution in [1.29, 1.82) is 0 Å². The molecule has 0 atom stereocenters. The van der Waals surface area contributed by atoms with Crippen LogP contribution in [0.2, 0.25) is 0 Å². The first-order chi connectivity index (χ1) is 16.7. The van der Waals surface area contributed by atoms with Gasteiger partial charge in [-0.25, -0.2) is 23.8 Å². The fourth-order valence-electron chi connectivity index (χ4n) is 4.36. The average molecular weight is 497 g/mol. The van der Waals surface area contributed by atoms with Crippen molar-refractivity contribution in [2.24, 2.45) is 11.5 Å². The molecule has 0 spiro atoms. The Bertz CT molecular complexity index is 1520. The second-order valence-corrected chi connectivity index (χ2v) is 11.7. The van der Waals surface area contributed by atoms with Crippen LogP contribution in [0.15, 0.2) is 59.7 Å². The van der Waals surface area contributed by atoms with Gasteiger partial charge in [-0.05, 0) is 42.0 Å². The van der Waals surface area contributed by atoms with Crippen molar-refractivity contribution in [1.82, 2.24) is 20.2 Å². The van der Waals surface area contributed by atoms with Crippen LogP contribution < -0.4 is 27.2 Å². The number of halogens is 2. The summed E-state index contributed by atoms with van der Waals surface area (Å²) in [6, 6.07) is 9.29. The number of nitrogens with one attached hydrogen (secondary N) is 1. The van der Waals surface area contributed by atoms with E-state index in [0.29, 0.717) is 19.0 Å². The van der Waals surface area contributed by atoms with Crippen molar-refractivity contribution in [3.8, 4) is 0 Å². The number of nitrogens with zero attached hydrogens (tertiary/aromatic N) is 4. The maximum absolute atomic E-state index is 15.0. The Morgan fingerprint density at radius 3 is 2.43 bits per heavy atom. The third kappa shape index (κ3) is 4.12. The molecule has 2 aromatic carbocycles. The molecule has 9 nitrogen and oxygen atoms in total. The monoisotopic (exact) mass is 497 g/mol. The summed E-state index contributed by atoms with van der Waals surface area (Å²) in [4.78, 5) is 22.5. The molecule has 12 heteroatoms. The van der Waals surface area contributed by atoms with Crippen molar-refractivity contribution >= 4 is 29.2 Å². The average Bonchev–Trinajstić information content (AvgIpc) is 2.85. The Morgan fingerprint density at radius 2 is 1.71 bits per heavy atom. The summed E-state index contributed by atoms with van der Waals surface area (Å²) in [5.41, 5.74) is 10.9. The van der Waals surface area contributed by atoms with Gasteiger partial charge >= 0.3 is 0 Å². The number of benzene rings is 2. The zero-order valence-electron chi connectivity index (χ0n) is 18.5. The van der Waals surface area contributed by atoms with Crippen LogP contribution in [0.3, 0.4) is 0 Å². The van der Waals surface area contributed by atoms with Gasteiger partial charge in [-0.1, -0.05) is 6.07 Å². The molecular weight excluding hydrogens is 475 g/mol. The molecule has 0 unspecified atom stereocenters. The van der Waals surface area contributed by atoms with E-state index < -0.39 is 30.0 Å². The van der Waals surface area contributed by atoms with Crippen molar-refractivity contribution in [2.45, 2.75) is 5.66 Å². The highest BCUT2D eigenvalue weighted by atomic mass is 31.2. The van der Waals surface area contributed by atoms with Gasteiger partial charge in [-0.15, -0.1) is 0 Å². The fourth-order valence-corrected chi connectivity index (χ4v) is 7.03. The van der Waals surface area contributed by atoms with Crippen LogP contribution in [0.5, 0.6) is 0 Å². The van der Waals surface area contributed by atoms with E-state index in [9.17, 15) is 18.1 Å². The fraction of sp³-hybridized carbons (Fsp3) is 0.217. The van der Waals surface area contributed by atoms with Gasteiger partial charge in [-0.2, -0.15) is 5.10 Å². The molecule has 35 heavy (non-hydrogen) atoms. The van der Waals surface area contributed by atoms with Crippen molar-refractivity contribution in [3.63, 3.8) is 0 Å². The minimum absolute atomic E-state index is 0.0286. The van der Waals surface area contributed by atoms with Gasteiger partial charge < -0.3 is 20.9 Å². The lowest BCUT2D eigenvalue weighted by molar-refractivity contribution is 0.541. The summed E-state index contributed by atoms with van der Waals surface area (Å²) in [5, 5.41) is 6.65. The zero-order chi connectivity index (χ0) is 24.8. The summed E-state index contributed by atoms with van der Waals surface area (Å²) in [5.74, 6) is -0.684. The molecule has 1 fully saturated rings. The molecule has 0 aliphatic carbocycles. The van der Waals surface area contributed by atoms with E-state index in [1.807, 2.05) is 4.90 Å². The highest BCUT2D eigenvalue weighted by molar-refractivity contribution is 7.71. The van der Waals surface area contributed by atoms with Crippen LogP contribution in [-0.4, -0.2) is 45.6 Å². The molecule has 4 aromatic rings. The summed E-state index contributed by atoms with van der Waals surface area (Å²) in [7, 11) is -3.12. The quantitative estimate of drug-likeness (QED) is 0.285. The highest BCUT2D eigenvalue weighted by Gasteiger charge is 2.36. The number of H-pyrrole nitrogens is 1. The maximum Gasteiger partial charge on any atom is 0.272 e. The summed E-state index contributed by atoms with van der Waals surface area (Å²) in [6.07, 6.45) is 3.72. The van der Waals surface area contributed by atoms with E-state index in [-0.39, 0.29) is 39.7 Å². The number of aromatic nitrogens is 4. The van der Waals surface area contributed by atoms with Crippen LogP contribution in [0.4, 0.5) is 14.7 Å². The summed E-state index contributed by atoms with van der Waals surface area (Å²) < 4.78 is 42.5. The standard InChI is InChI=1S/C23H22F2N7O2P/c24-15-3-4-16-17(13-15)21(33)31-30-20(16)23(26,27)14-2-5-18(25)19(12-14)35(34)10-8-32(9-11-35)22-28-6-1-7-29-22/h1-7,12-13H,8-11,26-27H2,(H,31,33). The van der Waals surface area contributed by atoms with Gasteiger partial charge in [0, 0.05) is 48.5 Å². The van der Waals surface area contributed by atoms with Gasteiger partial charge in [0.2, 0.25) is 5.95 Å². The Hall–Kier alpha value is -3.53. The molecule has 0 saturated carbocycles. The normalized spacial score (nSPS) is 15.9. The SMILES string of the molecule is NC(N)(c1ccc(F)c(P2(=O)CCN(c3ncccn3)CC2)c1)c1n[nH]c(=O)c2cc(F)ccc12. The maximum atomic E-state index is 15.0. The molecule has 1 saturated heterocycles. The molecule has 0 amide bonds. The number of aromatic amines is 1. The van der Waals surface area contributed by atoms with Gasteiger partial charge in [0.05, 0.1) is 5.39 Å². The molecule has 180 valence electrons. The van der Waals surface area contributed by atoms with Crippen LogP contribution in [0, 0.1) is 11.6 Å². The number of nitrogens with two attached hydrogens (primary N) is 2. The molecule has 5 N–H and O–H groups in total. The highest BCUT2D eigenvalue weighted by Crippen LogP contribution is 2.47. The van der Waals surface area contributed by atoms with E-state index in [1.54, 1.807) is 18.5 Å². The van der Waals surface area contributed by atoms with Crippen LogP contribution in [0.25, 0.3) is 10.8 Å². The first-order valence-corrected chi connectivity index (χ1v) is 12.9. The van der Waals surface area contributed by atoms with E-state index in [2.05, 4.69) is 20.2 Å². The number of hydrogen-bond acceptors (Lipinski definition) is 8. The van der Waals surface area contributed by atoms with Gasteiger partial charge in [-0.3, -0.25) is 4.79 Å². The molecule has 3 heterocycles. The Labute approximate surface area is 198 Å². The predicted molar refractivity (Wildman–Crippen MR) is 129 cm³/mol. The molecule has 0 bridgehead atoms. The van der Waals surface area contributed by atoms with Gasteiger partial charge in [0.25, 0.3) is 5.56 Å². The zero-order valence-corrected chi connectivity index (χ0v) is 19.4. The summed E-state index contributed by atoms with van der Waals surface area (Å²) >= 11 is 0. The number of rotatable bonds is 4. The van der Waals surface area contributed by atoms with E-state index in [4.69, 9.17) is 11.5 Å². The first kappa shape index (κ1) is 23.2. The van der Waals surface area contributed by atoms with Crippen LogP contribution in [-0.2, 0) is 10.2 Å². The van der Waals surface area contributed by atoms with Gasteiger partial charge in [0.1, 0.15) is 30.1 Å². The largest absolute Gasteiger partial charge is 0.340 e. The Morgan fingerprint density at radius 1 is 1.00 bits per heavy atom. The lowest BCUT2D eigenvalue weighted by Crippen LogP contribution is -2.49. The second kappa shape index (κ2) is 8.60. The molecule has 1 aliphatic rings. The lowest BCUT2D eigenvalue weighted by Gasteiger charge is -2.33. The molecule has 0 radical (unpaired) electrons. The topological polar surface area (TPSA) is 144 Å². The molecular formula is C23H22F2N7O2P. The minimum atomic E-state index is -3.12. The number of fused-ring (bicyclic) bond motifs is 1. The number of anilines is 1. The number of hydrogen-bond donors (Lipinski definition) is 3. The van der Waals surface area contributed by atoms with E-state index in [0.717, 1.165) is 6.07 Å². The van der Waals surface area contributed by atoms with Gasteiger partial charge in [0.15, 0.2) is 0 Å². The van der Waals surface area contributed by atoms with E-state index in [1.165, 1.54) is 30.3 Å². The third-order valence-electron chi connectivity index (χ3n) is 6.30. The second-order valence-electron chi connectivity index (χ2n) is 8.50. The summed E-state index contributed by atoms with van der Waals surface area (Å²) in [6.45, 7) is 0.804. The molecule has 2 aromatic heterocycles. The van der Waals surface area contributed by atoms with Crippen molar-refractivity contribution < 1.29 is 13.3 Å². The Balaban J connectivity index is 1.51. The smallest absolute Gasteiger partial charge is 0.272 e. The van der Waals surface area contributed by atoms with Crippen molar-refractivity contribution in [2.75, 3.05) is 30.3 Å². The third-order valence-corrected chi connectivity index (χ3v) is 9.37. The van der Waals surface area contributed by atoms with Crippen LogP contribution >= 0.6 is 7.14 Å². The van der Waals surface area contributed by atoms with Crippen molar-refractivity contribution in [3.05, 3.63) is 88.1 Å².